The Hall–Kier alpha value is -1.34. The molecule has 0 saturated carbocycles. The number of likely N-dealkylation sites (N-methyl/N-ethyl adjacent to an activating group) is 1. The molecule has 6 nitrogen and oxygen atoms in total. The van der Waals surface area contributed by atoms with E-state index >= 15 is 0 Å². The van der Waals surface area contributed by atoms with Crippen LogP contribution in [0.3, 0.4) is 0 Å². The molecule has 3 heterocycles. The number of carbonyl (C=O) groups is 1. The predicted octanol–water partition coefficient (Wildman–Crippen LogP) is 0.857. The smallest absolute Gasteiger partial charge is 0.274 e. The van der Waals surface area contributed by atoms with Crippen LogP contribution in [0, 0.1) is 0 Å². The first-order valence-electron chi connectivity index (χ1n) is 6.28. The number of carbonyl (C=O) groups excluding carboxylic acids is 1. The van der Waals surface area contributed by atoms with Crippen LogP contribution < -0.4 is 10.2 Å². The van der Waals surface area contributed by atoms with Crippen molar-refractivity contribution in [2.45, 2.75) is 25.0 Å². The highest BCUT2D eigenvalue weighted by Gasteiger charge is 2.49. The lowest BCUT2D eigenvalue weighted by Crippen LogP contribution is -2.50. The average Bonchev–Trinajstić information content (AvgIpc) is 2.63. The van der Waals surface area contributed by atoms with Crippen LogP contribution in [0.25, 0.3) is 0 Å². The fourth-order valence-electron chi connectivity index (χ4n) is 3.39. The molecular weight excluding hydrogens is 328 g/mol. The summed E-state index contributed by atoms with van der Waals surface area (Å²) in [6.45, 7) is 2.46. The van der Waals surface area contributed by atoms with Crippen molar-refractivity contribution in [1.82, 2.24) is 9.47 Å². The summed E-state index contributed by atoms with van der Waals surface area (Å²) in [6.07, 6.45) is -0.311. The number of hydrogen-bond donors (Lipinski definition) is 1. The number of aliphatic hydroxyl groups excluding tert-OH is 1. The molecule has 1 aromatic rings. The Morgan fingerprint density at radius 1 is 1.45 bits per heavy atom. The summed E-state index contributed by atoms with van der Waals surface area (Å²) in [5, 5.41) is 10.3. The van der Waals surface area contributed by atoms with Gasteiger partial charge in [-0.15, -0.1) is 0 Å². The second-order valence-electron chi connectivity index (χ2n) is 5.62. The third-order valence-corrected chi connectivity index (χ3v) is 4.90. The van der Waals surface area contributed by atoms with Crippen LogP contribution >= 0.6 is 15.9 Å². The van der Waals surface area contributed by atoms with Gasteiger partial charge in [-0.05, 0) is 22.9 Å². The minimum absolute atomic E-state index is 0.0255. The topological polar surface area (TPSA) is 71.8 Å². The number of pyridine rings is 1. The molecule has 1 N–H and O–H groups in total. The van der Waals surface area contributed by atoms with Gasteiger partial charge in [-0.2, -0.15) is 0 Å². The molecule has 0 bridgehead atoms. The zero-order valence-electron chi connectivity index (χ0n) is 11.4. The number of hydrogen-bond acceptors (Lipinski definition) is 4. The molecule has 2 atom stereocenters. The van der Waals surface area contributed by atoms with E-state index in [1.807, 2.05) is 6.92 Å². The monoisotopic (exact) mass is 342 g/mol. The molecule has 7 heteroatoms. The van der Waals surface area contributed by atoms with E-state index in [1.165, 1.54) is 7.11 Å². The Morgan fingerprint density at radius 3 is 2.70 bits per heavy atom. The van der Waals surface area contributed by atoms with E-state index in [2.05, 4.69) is 15.9 Å². The molecule has 0 fully saturated rings. The second kappa shape index (κ2) is 4.08. The minimum Gasteiger partial charge on any atom is -0.491 e. The summed E-state index contributed by atoms with van der Waals surface area (Å²) in [5.41, 5.74) is -0.144. The normalized spacial score (nSPS) is 27.8. The van der Waals surface area contributed by atoms with Crippen molar-refractivity contribution in [3.8, 4) is 5.75 Å². The van der Waals surface area contributed by atoms with Crippen molar-refractivity contribution >= 4 is 21.8 Å². The minimum atomic E-state index is -0.772. The molecule has 0 spiro atoms. The van der Waals surface area contributed by atoms with E-state index in [0.717, 1.165) is 0 Å². The van der Waals surface area contributed by atoms with Crippen molar-refractivity contribution in [3.63, 3.8) is 0 Å². The van der Waals surface area contributed by atoms with Gasteiger partial charge in [0, 0.05) is 20.0 Å². The maximum absolute atomic E-state index is 12.4. The summed E-state index contributed by atoms with van der Waals surface area (Å²) in [5.74, 6) is -0.239. The first-order valence-corrected chi connectivity index (χ1v) is 7.07. The molecule has 3 rings (SSSR count). The summed E-state index contributed by atoms with van der Waals surface area (Å²) in [6, 6.07) is 0. The Labute approximate surface area is 124 Å². The Bertz CT molecular complexity index is 684. The van der Waals surface area contributed by atoms with E-state index in [4.69, 9.17) is 4.74 Å². The third kappa shape index (κ3) is 1.47. The van der Waals surface area contributed by atoms with Gasteiger partial charge in [0.15, 0.2) is 11.4 Å². The Balaban J connectivity index is 2.49. The van der Waals surface area contributed by atoms with E-state index in [1.54, 1.807) is 16.5 Å². The van der Waals surface area contributed by atoms with Gasteiger partial charge in [0.2, 0.25) is 5.43 Å². The maximum atomic E-state index is 12.4. The van der Waals surface area contributed by atoms with E-state index in [0.29, 0.717) is 18.7 Å². The highest BCUT2D eigenvalue weighted by Crippen LogP contribution is 2.46. The fraction of sp³-hybridized carbons (Fsp3) is 0.538. The molecule has 0 aromatic carbocycles. The van der Waals surface area contributed by atoms with Gasteiger partial charge in [-0.1, -0.05) is 0 Å². The largest absolute Gasteiger partial charge is 0.491 e. The highest BCUT2D eigenvalue weighted by molar-refractivity contribution is 9.10. The van der Waals surface area contributed by atoms with Crippen LogP contribution in [0.2, 0.25) is 0 Å². The molecule has 0 aliphatic carbocycles. The molecule has 1 amide bonds. The summed E-state index contributed by atoms with van der Waals surface area (Å²) in [7, 11) is 3.06. The van der Waals surface area contributed by atoms with Gasteiger partial charge in [-0.25, -0.2) is 0 Å². The maximum Gasteiger partial charge on any atom is 0.274 e. The van der Waals surface area contributed by atoms with Gasteiger partial charge < -0.3 is 19.3 Å². The molecule has 2 unspecified atom stereocenters. The lowest BCUT2D eigenvalue weighted by Gasteiger charge is -2.39. The average molecular weight is 343 g/mol. The number of rotatable bonds is 1. The van der Waals surface area contributed by atoms with Gasteiger partial charge in [0.1, 0.15) is 0 Å². The Morgan fingerprint density at radius 2 is 2.10 bits per heavy atom. The van der Waals surface area contributed by atoms with Crippen molar-refractivity contribution in [2.24, 2.45) is 0 Å². The second-order valence-corrected chi connectivity index (χ2v) is 6.42. The standard InChI is InChI=1S/C13H15BrN2O4/c1-13-4-6(17)8-7(14)10(18)11(20-3)9(16(8)13)12(19)15(2)5-13/h6,17H,4-5H2,1-3H3. The summed E-state index contributed by atoms with van der Waals surface area (Å²) < 4.78 is 7.20. The van der Waals surface area contributed by atoms with Gasteiger partial charge in [-0.3, -0.25) is 9.59 Å². The molecular formula is C13H15BrN2O4. The van der Waals surface area contributed by atoms with Crippen molar-refractivity contribution in [1.29, 1.82) is 0 Å². The number of nitrogens with zero attached hydrogens (tertiary/aromatic N) is 2. The van der Waals surface area contributed by atoms with Crippen molar-refractivity contribution in [3.05, 3.63) is 26.1 Å². The SMILES string of the molecule is COc1c2n3c(c(Br)c1=O)C(O)CC3(C)CN(C)C2=O. The number of ether oxygens (including phenoxy) is 1. The predicted molar refractivity (Wildman–Crippen MR) is 75.1 cm³/mol. The molecule has 0 saturated heterocycles. The molecule has 2 aliphatic rings. The van der Waals surface area contributed by atoms with Crippen LogP contribution in [-0.2, 0) is 5.54 Å². The molecule has 20 heavy (non-hydrogen) atoms. The van der Waals surface area contributed by atoms with Gasteiger partial charge in [0.25, 0.3) is 5.91 Å². The third-order valence-electron chi connectivity index (χ3n) is 4.13. The fourth-order valence-corrected chi connectivity index (χ4v) is 4.01. The number of amides is 1. The zero-order valence-corrected chi connectivity index (χ0v) is 13.0. The zero-order chi connectivity index (χ0) is 14.8. The Kier molecular flexibility index (Phi) is 2.78. The van der Waals surface area contributed by atoms with Crippen LogP contribution in [0.5, 0.6) is 5.75 Å². The summed E-state index contributed by atoms with van der Waals surface area (Å²) in [4.78, 5) is 26.3. The van der Waals surface area contributed by atoms with Crippen LogP contribution in [0.1, 0.15) is 35.6 Å². The van der Waals surface area contributed by atoms with E-state index in [9.17, 15) is 14.7 Å². The van der Waals surface area contributed by atoms with Crippen molar-refractivity contribution in [2.75, 3.05) is 20.7 Å². The first-order chi connectivity index (χ1) is 9.31. The molecule has 108 valence electrons. The van der Waals surface area contributed by atoms with Crippen LogP contribution in [-0.4, -0.2) is 41.2 Å². The highest BCUT2D eigenvalue weighted by atomic mass is 79.9. The number of halogens is 1. The van der Waals surface area contributed by atoms with E-state index < -0.39 is 17.1 Å². The van der Waals surface area contributed by atoms with Crippen LogP contribution in [0.15, 0.2) is 9.27 Å². The first kappa shape index (κ1) is 13.6. The molecule has 0 radical (unpaired) electrons. The molecule has 1 aromatic heterocycles. The number of aliphatic hydroxyl groups is 1. The van der Waals surface area contributed by atoms with Crippen LogP contribution in [0.4, 0.5) is 0 Å². The lowest BCUT2D eigenvalue weighted by atomic mass is 9.95. The molecule has 2 aliphatic heterocycles. The van der Waals surface area contributed by atoms with E-state index in [-0.39, 0.29) is 21.8 Å². The number of methoxy groups -OCH3 is 1. The van der Waals surface area contributed by atoms with Gasteiger partial charge >= 0.3 is 0 Å². The quantitative estimate of drug-likeness (QED) is 0.821. The lowest BCUT2D eigenvalue weighted by molar-refractivity contribution is 0.0607. The number of aromatic nitrogens is 1. The van der Waals surface area contributed by atoms with Gasteiger partial charge in [0.05, 0.1) is 28.9 Å². The van der Waals surface area contributed by atoms with Crippen molar-refractivity contribution < 1.29 is 14.6 Å². The summed E-state index contributed by atoms with van der Waals surface area (Å²) >= 11 is 3.24.